The summed E-state index contributed by atoms with van der Waals surface area (Å²) in [6, 6.07) is 18.0. The number of nitrogens with one attached hydrogen (secondary N) is 3. The maximum atomic E-state index is 13.4. The van der Waals surface area contributed by atoms with Crippen LogP contribution in [0.15, 0.2) is 79.3 Å². The number of benzene rings is 2. The maximum absolute atomic E-state index is 13.4. The summed E-state index contributed by atoms with van der Waals surface area (Å²) in [4.78, 5) is 12.1. The number of halogens is 1. The molecular formula is C26H19FN6O2S. The van der Waals surface area contributed by atoms with E-state index in [4.69, 9.17) is 0 Å². The normalized spacial score (nSPS) is 11.8. The fourth-order valence-corrected chi connectivity index (χ4v) is 4.84. The van der Waals surface area contributed by atoms with Gasteiger partial charge in [0.15, 0.2) is 5.65 Å². The molecule has 4 heterocycles. The van der Waals surface area contributed by atoms with Gasteiger partial charge in [0.25, 0.3) is 0 Å². The predicted molar refractivity (Wildman–Crippen MR) is 138 cm³/mol. The van der Waals surface area contributed by atoms with E-state index in [1.165, 1.54) is 18.3 Å². The van der Waals surface area contributed by atoms with E-state index in [-0.39, 0.29) is 5.82 Å². The van der Waals surface area contributed by atoms with Gasteiger partial charge in [0.1, 0.15) is 11.5 Å². The van der Waals surface area contributed by atoms with Crippen LogP contribution in [-0.2, 0) is 10.0 Å². The molecule has 3 N–H and O–H groups in total. The topological polar surface area (TPSA) is 116 Å². The summed E-state index contributed by atoms with van der Waals surface area (Å²) in [6.07, 6.45) is 5.87. The van der Waals surface area contributed by atoms with Crippen molar-refractivity contribution in [3.05, 3.63) is 85.1 Å². The first kappa shape index (κ1) is 21.9. The molecule has 178 valence electrons. The first-order chi connectivity index (χ1) is 17.3. The van der Waals surface area contributed by atoms with E-state index in [1.807, 2.05) is 30.3 Å². The third kappa shape index (κ3) is 4.07. The molecule has 0 fully saturated rings. The minimum absolute atomic E-state index is 0.278. The highest BCUT2D eigenvalue weighted by atomic mass is 32.2. The number of hydrogen-bond acceptors (Lipinski definition) is 5. The average molecular weight is 499 g/mol. The van der Waals surface area contributed by atoms with Crippen molar-refractivity contribution >= 4 is 37.6 Å². The Kier molecular flexibility index (Phi) is 5.04. The second-order valence-electron chi connectivity index (χ2n) is 8.49. The minimum Gasteiger partial charge on any atom is -0.353 e. The van der Waals surface area contributed by atoms with Crippen molar-refractivity contribution < 1.29 is 12.8 Å². The highest BCUT2D eigenvalue weighted by Crippen LogP contribution is 2.35. The molecule has 10 heteroatoms. The number of fused-ring (bicyclic) bond motifs is 2. The molecule has 0 saturated heterocycles. The standard InChI is InChI=1S/C26H19FN6O2S/c1-36(34,35)33-19-9-16(12-28-14-19)17-10-22-25(31-32-26(22)29-13-17)24-11-21-20(3-2-4-23(21)30-24)15-5-7-18(27)8-6-15/h2-14,30,33H,1H3,(H,29,31,32). The van der Waals surface area contributed by atoms with Crippen LogP contribution in [0.3, 0.4) is 0 Å². The Hall–Kier alpha value is -4.57. The summed E-state index contributed by atoms with van der Waals surface area (Å²) in [7, 11) is -3.43. The Bertz CT molecular complexity index is 1860. The predicted octanol–water partition coefficient (Wildman–Crippen LogP) is 5.35. The molecule has 6 aromatic rings. The Labute approximate surface area is 205 Å². The number of H-pyrrole nitrogens is 2. The van der Waals surface area contributed by atoms with Crippen LogP contribution in [0.2, 0.25) is 0 Å². The van der Waals surface area contributed by atoms with Gasteiger partial charge in [-0.25, -0.2) is 17.8 Å². The summed E-state index contributed by atoms with van der Waals surface area (Å²) in [5.74, 6) is -0.278. The molecule has 6 rings (SSSR count). The van der Waals surface area contributed by atoms with E-state index in [2.05, 4.69) is 29.9 Å². The molecular weight excluding hydrogens is 479 g/mol. The Balaban J connectivity index is 1.44. The van der Waals surface area contributed by atoms with E-state index >= 15 is 0 Å². The quantitative estimate of drug-likeness (QED) is 0.296. The lowest BCUT2D eigenvalue weighted by molar-refractivity contribution is 0.606. The van der Waals surface area contributed by atoms with Crippen molar-refractivity contribution in [1.29, 1.82) is 0 Å². The summed E-state index contributed by atoms with van der Waals surface area (Å²) >= 11 is 0. The van der Waals surface area contributed by atoms with Gasteiger partial charge in [0.2, 0.25) is 10.0 Å². The molecule has 0 bridgehead atoms. The highest BCUT2D eigenvalue weighted by molar-refractivity contribution is 7.92. The van der Waals surface area contributed by atoms with Crippen molar-refractivity contribution in [3.8, 4) is 33.6 Å². The zero-order valence-corrected chi connectivity index (χ0v) is 19.8. The maximum Gasteiger partial charge on any atom is 0.229 e. The lowest BCUT2D eigenvalue weighted by Gasteiger charge is -2.06. The molecule has 0 aliphatic carbocycles. The number of anilines is 1. The van der Waals surface area contributed by atoms with Gasteiger partial charge in [0, 0.05) is 39.8 Å². The highest BCUT2D eigenvalue weighted by Gasteiger charge is 2.15. The molecule has 0 atom stereocenters. The van der Waals surface area contributed by atoms with Gasteiger partial charge in [-0.05, 0) is 47.5 Å². The van der Waals surface area contributed by atoms with Crippen LogP contribution in [-0.4, -0.2) is 39.8 Å². The molecule has 2 aromatic carbocycles. The molecule has 0 aliphatic rings. The van der Waals surface area contributed by atoms with Gasteiger partial charge < -0.3 is 4.98 Å². The van der Waals surface area contributed by atoms with Crippen molar-refractivity contribution in [1.82, 2.24) is 25.1 Å². The number of rotatable bonds is 5. The largest absolute Gasteiger partial charge is 0.353 e. The number of hydrogen-bond donors (Lipinski definition) is 3. The molecule has 0 radical (unpaired) electrons. The molecule has 36 heavy (non-hydrogen) atoms. The van der Waals surface area contributed by atoms with Crippen LogP contribution >= 0.6 is 0 Å². The molecule has 0 spiro atoms. The SMILES string of the molecule is CS(=O)(=O)Nc1cncc(-c2cnc3[nH]nc(-c4cc5c(-c6ccc(F)cc6)cccc5[nH]4)c3c2)c1. The molecule has 0 unspecified atom stereocenters. The Morgan fingerprint density at radius 3 is 2.50 bits per heavy atom. The monoisotopic (exact) mass is 498 g/mol. The van der Waals surface area contributed by atoms with Crippen LogP contribution in [0.5, 0.6) is 0 Å². The summed E-state index contributed by atoms with van der Waals surface area (Å²) in [5, 5.41) is 9.26. The van der Waals surface area contributed by atoms with Crippen molar-refractivity contribution in [2.24, 2.45) is 0 Å². The summed E-state index contributed by atoms with van der Waals surface area (Å²) < 4.78 is 39.1. The van der Waals surface area contributed by atoms with Crippen molar-refractivity contribution in [2.75, 3.05) is 11.0 Å². The van der Waals surface area contributed by atoms with Crippen LogP contribution in [0.1, 0.15) is 0 Å². The first-order valence-electron chi connectivity index (χ1n) is 11.0. The number of aromatic amines is 2. The molecule has 4 aromatic heterocycles. The zero-order valence-electron chi connectivity index (χ0n) is 18.9. The number of aromatic nitrogens is 5. The first-order valence-corrected chi connectivity index (χ1v) is 12.9. The Morgan fingerprint density at radius 1 is 0.889 bits per heavy atom. The fourth-order valence-electron chi connectivity index (χ4n) is 4.30. The molecule has 8 nitrogen and oxygen atoms in total. The smallest absolute Gasteiger partial charge is 0.229 e. The zero-order chi connectivity index (χ0) is 24.9. The van der Waals surface area contributed by atoms with Gasteiger partial charge >= 0.3 is 0 Å². The van der Waals surface area contributed by atoms with Crippen LogP contribution in [0, 0.1) is 5.82 Å². The average Bonchev–Trinajstić information content (AvgIpc) is 3.47. The van der Waals surface area contributed by atoms with E-state index < -0.39 is 10.0 Å². The second-order valence-corrected chi connectivity index (χ2v) is 10.2. The van der Waals surface area contributed by atoms with Crippen molar-refractivity contribution in [3.63, 3.8) is 0 Å². The third-order valence-corrected chi connectivity index (χ3v) is 6.47. The summed E-state index contributed by atoms with van der Waals surface area (Å²) in [5.41, 5.74) is 6.77. The van der Waals surface area contributed by atoms with E-state index in [0.717, 1.165) is 44.9 Å². The summed E-state index contributed by atoms with van der Waals surface area (Å²) in [6.45, 7) is 0. The van der Waals surface area contributed by atoms with E-state index in [1.54, 1.807) is 30.6 Å². The molecule has 0 aliphatic heterocycles. The van der Waals surface area contributed by atoms with Gasteiger partial charge in [0.05, 0.1) is 23.8 Å². The van der Waals surface area contributed by atoms with Crippen LogP contribution in [0.25, 0.3) is 55.6 Å². The van der Waals surface area contributed by atoms with Gasteiger partial charge in [-0.1, -0.05) is 24.3 Å². The second kappa shape index (κ2) is 8.28. The fraction of sp³-hybridized carbons (Fsp3) is 0.0385. The number of nitrogens with zero attached hydrogens (tertiary/aromatic N) is 3. The molecule has 0 amide bonds. The van der Waals surface area contributed by atoms with Gasteiger partial charge in [-0.15, -0.1) is 0 Å². The van der Waals surface area contributed by atoms with Crippen LogP contribution in [0.4, 0.5) is 10.1 Å². The van der Waals surface area contributed by atoms with Crippen molar-refractivity contribution in [2.45, 2.75) is 0 Å². The number of pyridine rings is 2. The minimum atomic E-state index is -3.43. The van der Waals surface area contributed by atoms with Gasteiger partial charge in [-0.2, -0.15) is 5.10 Å². The van der Waals surface area contributed by atoms with Crippen LogP contribution < -0.4 is 4.72 Å². The lowest BCUT2D eigenvalue weighted by Crippen LogP contribution is -2.09. The Morgan fingerprint density at radius 2 is 1.69 bits per heavy atom. The van der Waals surface area contributed by atoms with E-state index in [9.17, 15) is 12.8 Å². The number of sulfonamides is 1. The third-order valence-electron chi connectivity index (χ3n) is 5.87. The van der Waals surface area contributed by atoms with E-state index in [0.29, 0.717) is 22.6 Å². The van der Waals surface area contributed by atoms with Gasteiger partial charge in [-0.3, -0.25) is 14.8 Å². The molecule has 0 saturated carbocycles. The lowest BCUT2D eigenvalue weighted by atomic mass is 10.0.